The number of nitrogens with zero attached hydrogens (tertiary/aromatic N) is 3. The van der Waals surface area contributed by atoms with Gasteiger partial charge in [0.2, 0.25) is 0 Å². The highest BCUT2D eigenvalue weighted by molar-refractivity contribution is 7.13. The van der Waals surface area contributed by atoms with Crippen molar-refractivity contribution in [3.05, 3.63) is 41.4 Å². The van der Waals surface area contributed by atoms with E-state index in [9.17, 15) is 9.18 Å². The number of anilines is 3. The average Bonchev–Trinajstić information content (AvgIpc) is 3.49. The zero-order valence-corrected chi connectivity index (χ0v) is 18.5. The number of halogens is 1. The number of hydrogen-bond acceptors (Lipinski definition) is 7. The van der Waals surface area contributed by atoms with E-state index in [1.807, 2.05) is 0 Å². The Morgan fingerprint density at radius 2 is 2.12 bits per heavy atom. The zero-order valence-electron chi connectivity index (χ0n) is 17.7. The molecule has 10 heteroatoms. The van der Waals surface area contributed by atoms with Crippen LogP contribution < -0.4 is 21.3 Å². The zero-order chi connectivity index (χ0) is 22.1. The second kappa shape index (κ2) is 8.51. The van der Waals surface area contributed by atoms with Crippen LogP contribution in [0.5, 0.6) is 0 Å². The molecule has 3 aromatic rings. The first-order valence-corrected chi connectivity index (χ1v) is 11.7. The Kier molecular flexibility index (Phi) is 5.56. The second-order valence-electron chi connectivity index (χ2n) is 8.64. The molecule has 5 N–H and O–H groups in total. The Morgan fingerprint density at radius 1 is 1.28 bits per heavy atom. The number of hydrogen-bond donors (Lipinski definition) is 4. The molecule has 0 unspecified atom stereocenters. The van der Waals surface area contributed by atoms with Gasteiger partial charge in [0.05, 0.1) is 23.3 Å². The molecule has 168 valence electrons. The van der Waals surface area contributed by atoms with E-state index >= 15 is 0 Å². The lowest BCUT2D eigenvalue weighted by molar-refractivity contribution is 0.102. The summed E-state index contributed by atoms with van der Waals surface area (Å²) in [4.78, 5) is 19.5. The van der Waals surface area contributed by atoms with Crippen LogP contribution in [0.15, 0.2) is 29.9 Å². The summed E-state index contributed by atoms with van der Waals surface area (Å²) < 4.78 is 14.4. The van der Waals surface area contributed by atoms with Gasteiger partial charge in [-0.1, -0.05) is 0 Å². The lowest BCUT2D eigenvalue weighted by Gasteiger charge is -2.45. The maximum atomic E-state index is 14.4. The fourth-order valence-electron chi connectivity index (χ4n) is 4.69. The number of piperidine rings is 2. The Bertz CT molecular complexity index is 1100. The molecular weight excluding hydrogens is 429 g/mol. The van der Waals surface area contributed by atoms with Crippen LogP contribution in [-0.4, -0.2) is 47.3 Å². The maximum absolute atomic E-state index is 14.4. The third-order valence-electron chi connectivity index (χ3n) is 6.57. The lowest BCUT2D eigenvalue weighted by Crippen LogP contribution is -2.48. The highest BCUT2D eigenvalue weighted by atomic mass is 32.1. The van der Waals surface area contributed by atoms with E-state index in [1.165, 1.54) is 36.3 Å². The highest BCUT2D eigenvalue weighted by Crippen LogP contribution is 2.41. The van der Waals surface area contributed by atoms with E-state index in [1.54, 1.807) is 17.8 Å². The van der Waals surface area contributed by atoms with Crippen LogP contribution in [0.4, 0.5) is 21.5 Å². The Morgan fingerprint density at radius 3 is 2.84 bits per heavy atom. The highest BCUT2D eigenvalue weighted by Gasteiger charge is 2.36. The molecule has 5 rings (SSSR count). The predicted molar refractivity (Wildman–Crippen MR) is 124 cm³/mol. The lowest BCUT2D eigenvalue weighted by atomic mass is 9.73. The van der Waals surface area contributed by atoms with Gasteiger partial charge in [0.25, 0.3) is 5.91 Å². The largest absolute Gasteiger partial charge is 0.396 e. The summed E-state index contributed by atoms with van der Waals surface area (Å²) in [6.45, 7) is 3.76. The number of carbonyl (C=O) groups excluding carboxylic acids is 1. The molecule has 1 amide bonds. The third-order valence-corrected chi connectivity index (χ3v) is 7.46. The van der Waals surface area contributed by atoms with Crippen molar-refractivity contribution >= 4 is 34.3 Å². The molecule has 2 saturated heterocycles. The van der Waals surface area contributed by atoms with Crippen molar-refractivity contribution in [2.24, 2.45) is 5.41 Å². The van der Waals surface area contributed by atoms with E-state index in [-0.39, 0.29) is 11.6 Å². The average molecular weight is 456 g/mol. The van der Waals surface area contributed by atoms with Crippen LogP contribution in [0.2, 0.25) is 0 Å². The summed E-state index contributed by atoms with van der Waals surface area (Å²) in [6, 6.07) is 2.93. The van der Waals surface area contributed by atoms with Gasteiger partial charge in [-0.2, -0.15) is 5.10 Å². The van der Waals surface area contributed by atoms with Crippen molar-refractivity contribution in [3.63, 3.8) is 0 Å². The van der Waals surface area contributed by atoms with Gasteiger partial charge in [0, 0.05) is 42.8 Å². The van der Waals surface area contributed by atoms with Gasteiger partial charge in [-0.3, -0.25) is 9.89 Å². The van der Waals surface area contributed by atoms with Crippen LogP contribution in [0.3, 0.4) is 0 Å². The minimum Gasteiger partial charge on any atom is -0.396 e. The van der Waals surface area contributed by atoms with E-state index < -0.39 is 5.82 Å². The van der Waals surface area contributed by atoms with Gasteiger partial charge in [0.1, 0.15) is 16.5 Å². The van der Waals surface area contributed by atoms with Gasteiger partial charge in [-0.15, -0.1) is 11.3 Å². The normalized spacial score (nSPS) is 18.1. The van der Waals surface area contributed by atoms with Crippen molar-refractivity contribution < 1.29 is 9.18 Å². The van der Waals surface area contributed by atoms with Gasteiger partial charge < -0.3 is 21.3 Å². The molecule has 0 bridgehead atoms. The van der Waals surface area contributed by atoms with Crippen molar-refractivity contribution in [2.45, 2.75) is 25.7 Å². The molecule has 2 fully saturated rings. The van der Waals surface area contributed by atoms with Crippen molar-refractivity contribution in [1.82, 2.24) is 20.5 Å². The molecule has 1 spiro atoms. The monoisotopic (exact) mass is 455 g/mol. The summed E-state index contributed by atoms with van der Waals surface area (Å²) in [5, 5.41) is 15.5. The van der Waals surface area contributed by atoms with Gasteiger partial charge >= 0.3 is 0 Å². The molecule has 2 aromatic heterocycles. The van der Waals surface area contributed by atoms with E-state index in [4.69, 9.17) is 5.73 Å². The molecule has 0 atom stereocenters. The summed E-state index contributed by atoms with van der Waals surface area (Å²) >= 11 is 1.36. The summed E-state index contributed by atoms with van der Waals surface area (Å²) in [5.41, 5.74) is 8.45. The summed E-state index contributed by atoms with van der Waals surface area (Å²) in [5.74, 6) is -0.832. The third kappa shape index (κ3) is 4.07. The number of amides is 1. The van der Waals surface area contributed by atoms with Crippen molar-refractivity contribution in [2.75, 3.05) is 42.1 Å². The van der Waals surface area contributed by atoms with E-state index in [0.717, 1.165) is 44.6 Å². The molecule has 0 aliphatic carbocycles. The molecular formula is C22H26FN7OS. The smallest absolute Gasteiger partial charge is 0.275 e. The molecule has 0 saturated carbocycles. The van der Waals surface area contributed by atoms with E-state index in [2.05, 4.69) is 30.7 Å². The molecule has 2 aliphatic rings. The first-order chi connectivity index (χ1) is 15.5. The first kappa shape index (κ1) is 20.9. The molecule has 2 aliphatic heterocycles. The Balaban J connectivity index is 1.35. The fraction of sp³-hybridized carbons (Fsp3) is 0.409. The standard InChI is InChI=1S/C22H26FN7OS/c23-15-8-19(30-6-3-22(4-7-30)2-1-5-25-13-22)17(9-16(15)24)28-20(31)18-12-32-21(29-18)14-10-26-27-11-14/h8-12,25H,1-7,13,24H2,(H,26,27)(H,28,31). The first-order valence-electron chi connectivity index (χ1n) is 10.8. The number of nitrogen functional groups attached to an aromatic ring is 1. The molecule has 1 aromatic carbocycles. The van der Waals surface area contributed by atoms with Crippen LogP contribution in [0, 0.1) is 11.2 Å². The number of aromatic nitrogens is 3. The predicted octanol–water partition coefficient (Wildman–Crippen LogP) is 3.48. The van der Waals surface area contributed by atoms with Crippen molar-refractivity contribution in [1.29, 1.82) is 0 Å². The van der Waals surface area contributed by atoms with Gasteiger partial charge in [-0.05, 0) is 43.7 Å². The number of H-pyrrole nitrogens is 1. The summed E-state index contributed by atoms with van der Waals surface area (Å²) in [6.07, 6.45) is 7.90. The SMILES string of the molecule is Nc1cc(NC(=O)c2csc(-c3cn[nH]c3)n2)c(N2CCC3(CCCNC3)CC2)cc1F. The number of benzene rings is 1. The number of thiazole rings is 1. The van der Waals surface area contributed by atoms with Crippen LogP contribution in [0.1, 0.15) is 36.2 Å². The number of nitrogens with two attached hydrogens (primary N) is 1. The number of rotatable bonds is 4. The van der Waals surface area contributed by atoms with Crippen LogP contribution >= 0.6 is 11.3 Å². The minimum atomic E-state index is -0.478. The molecule has 32 heavy (non-hydrogen) atoms. The Labute approximate surface area is 189 Å². The van der Waals surface area contributed by atoms with Crippen LogP contribution in [-0.2, 0) is 0 Å². The van der Waals surface area contributed by atoms with Crippen LogP contribution in [0.25, 0.3) is 10.6 Å². The minimum absolute atomic E-state index is 0.00590. The summed E-state index contributed by atoms with van der Waals surface area (Å²) in [7, 11) is 0. The van der Waals surface area contributed by atoms with Gasteiger partial charge in [0.15, 0.2) is 0 Å². The second-order valence-corrected chi connectivity index (χ2v) is 9.50. The number of aromatic amines is 1. The van der Waals surface area contributed by atoms with E-state index in [0.29, 0.717) is 27.5 Å². The topological polar surface area (TPSA) is 112 Å². The quantitative estimate of drug-likeness (QED) is 0.448. The number of carbonyl (C=O) groups is 1. The molecule has 8 nitrogen and oxygen atoms in total. The van der Waals surface area contributed by atoms with Crippen molar-refractivity contribution in [3.8, 4) is 10.6 Å². The maximum Gasteiger partial charge on any atom is 0.275 e. The Hall–Kier alpha value is -2.98. The van der Waals surface area contributed by atoms with Gasteiger partial charge in [-0.25, -0.2) is 9.37 Å². The molecule has 0 radical (unpaired) electrons. The molecule has 4 heterocycles. The fourth-order valence-corrected chi connectivity index (χ4v) is 5.47. The number of nitrogens with one attached hydrogen (secondary N) is 3.